The van der Waals surface area contributed by atoms with Crippen LogP contribution in [0.1, 0.15) is 29.3 Å². The van der Waals surface area contributed by atoms with Crippen LogP contribution in [0.4, 0.5) is 22.0 Å². The van der Waals surface area contributed by atoms with Crippen LogP contribution in [0.3, 0.4) is 0 Å². The van der Waals surface area contributed by atoms with Crippen molar-refractivity contribution >= 4 is 33.1 Å². The molecule has 1 aliphatic rings. The molecule has 4 rings (SSSR count). The summed E-state index contributed by atoms with van der Waals surface area (Å²) < 4.78 is 68.1. The Labute approximate surface area is 188 Å². The van der Waals surface area contributed by atoms with Crippen LogP contribution in [-0.2, 0) is 17.5 Å². The van der Waals surface area contributed by atoms with E-state index in [1.807, 2.05) is 0 Å². The fourth-order valence-corrected chi connectivity index (χ4v) is 4.99. The number of ketones is 1. The van der Waals surface area contributed by atoms with Gasteiger partial charge in [0.25, 0.3) is 5.56 Å². The van der Waals surface area contributed by atoms with Crippen LogP contribution in [0.25, 0.3) is 21.2 Å². The second kappa shape index (κ2) is 8.36. The average molecular weight is 484 g/mol. The molecule has 5 nitrogen and oxygen atoms in total. The molecule has 1 atom stereocenters. The minimum atomic E-state index is -4.94. The number of fused-ring (bicyclic) bond motifs is 1. The van der Waals surface area contributed by atoms with Gasteiger partial charge in [0.15, 0.2) is 5.78 Å². The van der Waals surface area contributed by atoms with Gasteiger partial charge in [-0.05, 0) is 31.0 Å². The molecule has 1 amide bonds. The Balaban J connectivity index is 1.86. The summed E-state index contributed by atoms with van der Waals surface area (Å²) in [6.07, 6.45) is -4.66. The van der Waals surface area contributed by atoms with Gasteiger partial charge < -0.3 is 9.47 Å². The summed E-state index contributed by atoms with van der Waals surface area (Å²) in [5, 5.41) is 1.39. The molecule has 33 heavy (non-hydrogen) atoms. The molecule has 174 valence electrons. The third-order valence-electron chi connectivity index (χ3n) is 5.55. The van der Waals surface area contributed by atoms with E-state index in [0.717, 1.165) is 22.0 Å². The smallest absolute Gasteiger partial charge is 0.338 e. The van der Waals surface area contributed by atoms with Crippen LogP contribution in [0.15, 0.2) is 34.6 Å². The number of hydrogen-bond donors (Lipinski definition) is 0. The van der Waals surface area contributed by atoms with Crippen LogP contribution in [0.5, 0.6) is 0 Å². The average Bonchev–Trinajstić information content (AvgIpc) is 3.36. The predicted molar refractivity (Wildman–Crippen MR) is 113 cm³/mol. The maximum absolute atomic E-state index is 13.8. The van der Waals surface area contributed by atoms with Gasteiger partial charge in [-0.2, -0.15) is 13.2 Å². The number of halogens is 5. The lowest BCUT2D eigenvalue weighted by atomic mass is 10.0. The van der Waals surface area contributed by atoms with Crippen molar-refractivity contribution < 1.29 is 31.5 Å². The molecule has 1 aromatic carbocycles. The van der Waals surface area contributed by atoms with Crippen LogP contribution < -0.4 is 5.56 Å². The highest BCUT2D eigenvalue weighted by Gasteiger charge is 2.34. The standard InChI is InChI=1S/C22H17F5N2O3S/c1-11(30)14-8-29(9-18(31)28-5-4-13(23)7-28)21(32)19-15(10-33-20(14)19)12-2-3-17(24)16(6-12)22(25,26)27/h2-3,6,8,10,13H,4-5,7,9H2,1H3. The molecule has 0 radical (unpaired) electrons. The van der Waals surface area contributed by atoms with Gasteiger partial charge in [0.05, 0.1) is 27.8 Å². The Morgan fingerprint density at radius 2 is 1.97 bits per heavy atom. The number of alkyl halides is 4. The first-order valence-electron chi connectivity index (χ1n) is 9.92. The Morgan fingerprint density at radius 3 is 2.58 bits per heavy atom. The Kier molecular flexibility index (Phi) is 5.85. The van der Waals surface area contributed by atoms with Gasteiger partial charge in [0, 0.05) is 23.7 Å². The molecule has 1 fully saturated rings. The van der Waals surface area contributed by atoms with Crippen LogP contribution >= 0.6 is 11.3 Å². The molecular formula is C22H17F5N2O3S. The summed E-state index contributed by atoms with van der Waals surface area (Å²) >= 11 is 0.995. The maximum Gasteiger partial charge on any atom is 0.419 e. The topological polar surface area (TPSA) is 59.4 Å². The first-order valence-corrected chi connectivity index (χ1v) is 10.8. The number of pyridine rings is 1. The van der Waals surface area contributed by atoms with E-state index >= 15 is 0 Å². The van der Waals surface area contributed by atoms with E-state index in [2.05, 4.69) is 0 Å². The van der Waals surface area contributed by atoms with Crippen molar-refractivity contribution in [2.75, 3.05) is 13.1 Å². The summed E-state index contributed by atoms with van der Waals surface area (Å²) in [7, 11) is 0. The van der Waals surface area contributed by atoms with E-state index < -0.39 is 47.5 Å². The Hall–Kier alpha value is -3.08. The summed E-state index contributed by atoms with van der Waals surface area (Å²) in [6.45, 7) is 0.928. The second-order valence-corrected chi connectivity index (χ2v) is 8.68. The zero-order valence-corrected chi connectivity index (χ0v) is 18.0. The Morgan fingerprint density at radius 1 is 1.24 bits per heavy atom. The van der Waals surface area contributed by atoms with Gasteiger partial charge in [0.1, 0.15) is 18.5 Å². The minimum absolute atomic E-state index is 0.0370. The molecule has 0 aliphatic carbocycles. The highest BCUT2D eigenvalue weighted by Crippen LogP contribution is 2.38. The van der Waals surface area contributed by atoms with E-state index in [1.54, 1.807) is 0 Å². The molecule has 1 saturated heterocycles. The molecule has 0 spiro atoms. The number of carbonyl (C=O) groups excluding carboxylic acids is 2. The fourth-order valence-electron chi connectivity index (χ4n) is 3.87. The highest BCUT2D eigenvalue weighted by atomic mass is 32.1. The van der Waals surface area contributed by atoms with Gasteiger partial charge in [-0.1, -0.05) is 6.07 Å². The molecule has 0 bridgehead atoms. The molecule has 2 aromatic heterocycles. The highest BCUT2D eigenvalue weighted by molar-refractivity contribution is 7.18. The zero-order valence-electron chi connectivity index (χ0n) is 17.2. The number of Topliss-reactive ketones (excluding diaryl/α,β-unsaturated/α-hetero) is 1. The van der Waals surface area contributed by atoms with E-state index in [4.69, 9.17) is 0 Å². The number of nitrogens with zero attached hydrogens (tertiary/aromatic N) is 2. The first-order chi connectivity index (χ1) is 15.5. The van der Waals surface area contributed by atoms with E-state index in [9.17, 15) is 36.3 Å². The van der Waals surface area contributed by atoms with Gasteiger partial charge in [-0.15, -0.1) is 11.3 Å². The normalized spacial score (nSPS) is 16.5. The summed E-state index contributed by atoms with van der Waals surface area (Å²) in [6, 6.07) is 2.39. The second-order valence-electron chi connectivity index (χ2n) is 7.80. The lowest BCUT2D eigenvalue weighted by Gasteiger charge is -2.17. The van der Waals surface area contributed by atoms with Crippen molar-refractivity contribution in [2.24, 2.45) is 0 Å². The van der Waals surface area contributed by atoms with Crippen molar-refractivity contribution in [1.82, 2.24) is 9.47 Å². The number of benzene rings is 1. The molecule has 3 aromatic rings. The van der Waals surface area contributed by atoms with E-state index in [0.29, 0.717) is 12.1 Å². The first kappa shape index (κ1) is 23.1. The van der Waals surface area contributed by atoms with Crippen molar-refractivity contribution in [3.05, 3.63) is 57.1 Å². The molecule has 1 unspecified atom stereocenters. The molecule has 0 N–H and O–H groups in total. The van der Waals surface area contributed by atoms with E-state index in [1.165, 1.54) is 23.4 Å². The lowest BCUT2D eigenvalue weighted by Crippen LogP contribution is -2.35. The van der Waals surface area contributed by atoms with Gasteiger partial charge >= 0.3 is 6.18 Å². The summed E-state index contributed by atoms with van der Waals surface area (Å²) in [5.74, 6) is -2.37. The van der Waals surface area contributed by atoms with Gasteiger partial charge in [0.2, 0.25) is 5.91 Å². The number of hydrogen-bond acceptors (Lipinski definition) is 4. The maximum atomic E-state index is 13.8. The number of aromatic nitrogens is 1. The van der Waals surface area contributed by atoms with Crippen molar-refractivity contribution in [1.29, 1.82) is 0 Å². The summed E-state index contributed by atoms with van der Waals surface area (Å²) in [5.41, 5.74) is -2.00. The zero-order chi connectivity index (χ0) is 24.1. The lowest BCUT2D eigenvalue weighted by molar-refractivity contribution is -0.140. The van der Waals surface area contributed by atoms with Gasteiger partial charge in [-0.3, -0.25) is 14.4 Å². The van der Waals surface area contributed by atoms with Crippen molar-refractivity contribution in [3.63, 3.8) is 0 Å². The molecule has 1 aliphatic heterocycles. The van der Waals surface area contributed by atoms with Crippen LogP contribution in [-0.4, -0.2) is 40.4 Å². The van der Waals surface area contributed by atoms with Crippen molar-refractivity contribution in [2.45, 2.75) is 32.2 Å². The predicted octanol–water partition coefficient (Wildman–Crippen LogP) is 4.66. The monoisotopic (exact) mass is 484 g/mol. The number of likely N-dealkylation sites (tertiary alicyclic amines) is 1. The van der Waals surface area contributed by atoms with Crippen molar-refractivity contribution in [3.8, 4) is 11.1 Å². The third kappa shape index (κ3) is 4.29. The fraction of sp³-hybridized carbons (Fsp3) is 0.318. The number of carbonyl (C=O) groups is 2. The summed E-state index contributed by atoms with van der Waals surface area (Å²) in [4.78, 5) is 39.3. The van der Waals surface area contributed by atoms with Gasteiger partial charge in [-0.25, -0.2) is 8.78 Å². The molecular weight excluding hydrogens is 467 g/mol. The number of amides is 1. The molecule has 3 heterocycles. The third-order valence-corrected chi connectivity index (χ3v) is 6.56. The number of thiophene rings is 1. The van der Waals surface area contributed by atoms with E-state index in [-0.39, 0.29) is 46.3 Å². The number of rotatable bonds is 4. The molecule has 0 saturated carbocycles. The SMILES string of the molecule is CC(=O)c1cn(CC(=O)N2CCC(F)C2)c(=O)c2c(-c3ccc(F)c(C(F)(F)F)c3)csc12. The van der Waals surface area contributed by atoms with Crippen LogP contribution in [0.2, 0.25) is 0 Å². The largest absolute Gasteiger partial charge is 0.419 e. The Bertz CT molecular complexity index is 1330. The quantitative estimate of drug-likeness (QED) is 0.400. The molecule has 11 heteroatoms. The minimum Gasteiger partial charge on any atom is -0.338 e. The van der Waals surface area contributed by atoms with Crippen LogP contribution in [0, 0.1) is 5.82 Å².